The molecule has 0 bridgehead atoms. The van der Waals surface area contributed by atoms with E-state index in [9.17, 15) is 18.0 Å². The zero-order chi connectivity index (χ0) is 24.6. The quantitative estimate of drug-likeness (QED) is 0.660. The lowest BCUT2D eigenvalue weighted by Gasteiger charge is -2.45. The van der Waals surface area contributed by atoms with Crippen molar-refractivity contribution in [3.05, 3.63) is 41.3 Å². The number of amides is 1. The van der Waals surface area contributed by atoms with Crippen LogP contribution in [0.15, 0.2) is 24.5 Å². The summed E-state index contributed by atoms with van der Waals surface area (Å²) in [6.07, 6.45) is -1.00. The van der Waals surface area contributed by atoms with Crippen molar-refractivity contribution in [1.29, 1.82) is 0 Å². The number of likely N-dealkylation sites (tertiary alicyclic amines) is 1. The van der Waals surface area contributed by atoms with E-state index >= 15 is 0 Å². The molecule has 2 unspecified atom stereocenters. The molecule has 2 aromatic heterocycles. The molecule has 2 atom stereocenters. The standard InChI is InChI=1S/C24H34F3N5O/c1-15(2)21-19(11-30-32(21)20-8-7-18(10-28-20)24(25,26)27)22(33)29-14-23(5,6)31-12-16(3)9-17(4)13-31/h7-8,10-11,15-17H,9,12-14H2,1-6H3,(H,29,33). The van der Waals surface area contributed by atoms with Crippen molar-refractivity contribution in [2.24, 2.45) is 11.8 Å². The number of nitrogens with zero attached hydrogens (tertiary/aromatic N) is 4. The minimum Gasteiger partial charge on any atom is -0.350 e. The van der Waals surface area contributed by atoms with E-state index in [0.717, 1.165) is 25.4 Å². The summed E-state index contributed by atoms with van der Waals surface area (Å²) in [6, 6.07) is 2.24. The summed E-state index contributed by atoms with van der Waals surface area (Å²) in [4.78, 5) is 19.5. The first kappa shape index (κ1) is 25.2. The van der Waals surface area contributed by atoms with Gasteiger partial charge in [0.15, 0.2) is 5.82 Å². The molecule has 0 aromatic carbocycles. The van der Waals surface area contributed by atoms with Crippen LogP contribution in [0.3, 0.4) is 0 Å². The molecule has 0 radical (unpaired) electrons. The predicted octanol–water partition coefficient (Wildman–Crippen LogP) is 4.90. The Hall–Kier alpha value is -2.42. The Labute approximate surface area is 193 Å². The van der Waals surface area contributed by atoms with Crippen molar-refractivity contribution in [3.8, 4) is 5.82 Å². The summed E-state index contributed by atoms with van der Waals surface area (Å²) in [7, 11) is 0. The highest BCUT2D eigenvalue weighted by molar-refractivity contribution is 5.95. The molecular formula is C24H34F3N5O. The molecule has 1 N–H and O–H groups in total. The maximum atomic E-state index is 13.1. The van der Waals surface area contributed by atoms with Gasteiger partial charge in [0, 0.05) is 31.4 Å². The highest BCUT2D eigenvalue weighted by atomic mass is 19.4. The van der Waals surface area contributed by atoms with E-state index in [1.165, 1.54) is 23.4 Å². The van der Waals surface area contributed by atoms with Gasteiger partial charge < -0.3 is 5.32 Å². The second-order valence-electron chi connectivity index (χ2n) is 10.3. The van der Waals surface area contributed by atoms with Gasteiger partial charge in [-0.3, -0.25) is 9.69 Å². The number of halogens is 3. The van der Waals surface area contributed by atoms with Crippen molar-refractivity contribution in [2.75, 3.05) is 19.6 Å². The number of hydrogen-bond acceptors (Lipinski definition) is 4. The number of rotatable bonds is 6. The lowest BCUT2D eigenvalue weighted by molar-refractivity contribution is -0.137. The molecule has 33 heavy (non-hydrogen) atoms. The summed E-state index contributed by atoms with van der Waals surface area (Å²) >= 11 is 0. The minimum atomic E-state index is -4.46. The molecule has 3 heterocycles. The lowest BCUT2D eigenvalue weighted by atomic mass is 9.88. The first-order valence-electron chi connectivity index (χ1n) is 11.4. The third-order valence-electron chi connectivity index (χ3n) is 6.30. The number of hydrogen-bond donors (Lipinski definition) is 1. The van der Waals surface area contributed by atoms with Gasteiger partial charge in [0.1, 0.15) is 0 Å². The highest BCUT2D eigenvalue weighted by Crippen LogP contribution is 2.30. The Morgan fingerprint density at radius 3 is 2.30 bits per heavy atom. The molecule has 182 valence electrons. The number of pyridine rings is 1. The first-order chi connectivity index (χ1) is 15.3. The SMILES string of the molecule is CC1CC(C)CN(C(C)(C)CNC(=O)c2cnn(-c3ccc(C(F)(F)F)cn3)c2C(C)C)C1. The summed E-state index contributed by atoms with van der Waals surface area (Å²) in [5.74, 6) is 1.14. The average molecular weight is 466 g/mol. The van der Waals surface area contributed by atoms with Crippen LogP contribution >= 0.6 is 0 Å². The molecule has 1 aliphatic rings. The molecule has 1 saturated heterocycles. The van der Waals surface area contributed by atoms with Crippen LogP contribution in [-0.2, 0) is 6.18 Å². The second kappa shape index (κ2) is 9.44. The van der Waals surface area contributed by atoms with E-state index in [-0.39, 0.29) is 23.2 Å². The van der Waals surface area contributed by atoms with Crippen LogP contribution in [0.1, 0.15) is 75.5 Å². The second-order valence-corrected chi connectivity index (χ2v) is 10.3. The van der Waals surface area contributed by atoms with Crippen LogP contribution in [0.2, 0.25) is 0 Å². The van der Waals surface area contributed by atoms with Gasteiger partial charge in [0.25, 0.3) is 5.91 Å². The fourth-order valence-electron chi connectivity index (χ4n) is 4.61. The topological polar surface area (TPSA) is 63.1 Å². The maximum absolute atomic E-state index is 13.1. The fourth-order valence-corrected chi connectivity index (χ4v) is 4.61. The van der Waals surface area contributed by atoms with Crippen LogP contribution in [0.25, 0.3) is 5.82 Å². The van der Waals surface area contributed by atoms with E-state index in [1.807, 2.05) is 13.8 Å². The monoisotopic (exact) mass is 465 g/mol. The number of aromatic nitrogens is 3. The van der Waals surface area contributed by atoms with Crippen LogP contribution in [-0.4, -0.2) is 50.7 Å². The number of alkyl halides is 3. The average Bonchev–Trinajstić information content (AvgIpc) is 3.16. The van der Waals surface area contributed by atoms with Crippen LogP contribution < -0.4 is 5.32 Å². The molecule has 1 aliphatic heterocycles. The van der Waals surface area contributed by atoms with E-state index in [0.29, 0.717) is 29.6 Å². The third kappa shape index (κ3) is 5.75. The van der Waals surface area contributed by atoms with Gasteiger partial charge in [-0.1, -0.05) is 27.7 Å². The van der Waals surface area contributed by atoms with Crippen molar-refractivity contribution in [3.63, 3.8) is 0 Å². The van der Waals surface area contributed by atoms with Gasteiger partial charge in [-0.25, -0.2) is 9.67 Å². The van der Waals surface area contributed by atoms with E-state index in [4.69, 9.17) is 0 Å². The number of carbonyl (C=O) groups excluding carboxylic acids is 1. The molecule has 0 spiro atoms. The summed E-state index contributed by atoms with van der Waals surface area (Å²) in [5.41, 5.74) is -0.0200. The summed E-state index contributed by atoms with van der Waals surface area (Å²) in [6.45, 7) is 15.1. The maximum Gasteiger partial charge on any atom is 0.417 e. The molecule has 6 nitrogen and oxygen atoms in total. The number of carbonyl (C=O) groups is 1. The number of nitrogens with one attached hydrogen (secondary N) is 1. The normalized spacial score (nSPS) is 20.3. The molecule has 2 aromatic rings. The molecular weight excluding hydrogens is 431 g/mol. The molecule has 1 amide bonds. The summed E-state index contributed by atoms with van der Waals surface area (Å²) < 4.78 is 40.1. The Morgan fingerprint density at radius 1 is 1.15 bits per heavy atom. The highest BCUT2D eigenvalue weighted by Gasteiger charge is 2.34. The zero-order valence-corrected chi connectivity index (χ0v) is 20.2. The molecule has 0 saturated carbocycles. The van der Waals surface area contributed by atoms with Crippen LogP contribution in [0.4, 0.5) is 13.2 Å². The van der Waals surface area contributed by atoms with Crippen molar-refractivity contribution < 1.29 is 18.0 Å². The largest absolute Gasteiger partial charge is 0.417 e. The van der Waals surface area contributed by atoms with Gasteiger partial charge in [0.05, 0.1) is 23.0 Å². The van der Waals surface area contributed by atoms with Crippen LogP contribution in [0.5, 0.6) is 0 Å². The number of piperidine rings is 1. The third-order valence-corrected chi connectivity index (χ3v) is 6.30. The molecule has 1 fully saturated rings. The van der Waals surface area contributed by atoms with Gasteiger partial charge in [-0.05, 0) is 50.2 Å². The fraction of sp³-hybridized carbons (Fsp3) is 0.625. The van der Waals surface area contributed by atoms with Crippen molar-refractivity contribution >= 4 is 5.91 Å². The van der Waals surface area contributed by atoms with E-state index in [2.05, 4.69) is 48.0 Å². The van der Waals surface area contributed by atoms with Gasteiger partial charge >= 0.3 is 6.18 Å². The molecule has 9 heteroatoms. The van der Waals surface area contributed by atoms with Gasteiger partial charge in [-0.15, -0.1) is 0 Å². The Kier molecular flexibility index (Phi) is 7.21. The Bertz CT molecular complexity index is 955. The Balaban J connectivity index is 1.78. The first-order valence-corrected chi connectivity index (χ1v) is 11.4. The van der Waals surface area contributed by atoms with Crippen molar-refractivity contribution in [2.45, 2.75) is 65.6 Å². The van der Waals surface area contributed by atoms with E-state index in [1.54, 1.807) is 0 Å². The predicted molar refractivity (Wildman–Crippen MR) is 121 cm³/mol. The smallest absolute Gasteiger partial charge is 0.350 e. The van der Waals surface area contributed by atoms with Crippen molar-refractivity contribution in [1.82, 2.24) is 25.0 Å². The zero-order valence-electron chi connectivity index (χ0n) is 20.2. The van der Waals surface area contributed by atoms with Crippen LogP contribution in [0, 0.1) is 11.8 Å². The summed E-state index contributed by atoms with van der Waals surface area (Å²) in [5, 5.41) is 7.33. The molecule has 3 rings (SSSR count). The minimum absolute atomic E-state index is 0.0888. The van der Waals surface area contributed by atoms with Gasteiger partial charge in [-0.2, -0.15) is 18.3 Å². The van der Waals surface area contributed by atoms with Gasteiger partial charge in [0.2, 0.25) is 0 Å². The molecule has 0 aliphatic carbocycles. The van der Waals surface area contributed by atoms with E-state index < -0.39 is 11.7 Å². The Morgan fingerprint density at radius 2 is 1.79 bits per heavy atom. The lowest BCUT2D eigenvalue weighted by Crippen LogP contribution is -2.56.